The van der Waals surface area contributed by atoms with Crippen molar-refractivity contribution in [2.45, 2.75) is 25.0 Å². The van der Waals surface area contributed by atoms with Crippen molar-refractivity contribution >= 4 is 11.9 Å². The van der Waals surface area contributed by atoms with Crippen LogP contribution in [0.3, 0.4) is 0 Å². The van der Waals surface area contributed by atoms with Crippen molar-refractivity contribution in [2.24, 2.45) is 0 Å². The zero-order chi connectivity index (χ0) is 16.1. The predicted octanol–water partition coefficient (Wildman–Crippen LogP) is 1.30. The number of ether oxygens (including phenoxy) is 2. The lowest BCUT2D eigenvalue weighted by Gasteiger charge is -2.21. The normalized spacial score (nSPS) is 20.6. The first kappa shape index (κ1) is 16.2. The lowest BCUT2D eigenvalue weighted by atomic mass is 10.2. The van der Waals surface area contributed by atoms with Crippen LogP contribution >= 0.6 is 0 Å². The van der Waals surface area contributed by atoms with Gasteiger partial charge in [0.15, 0.2) is 6.10 Å². The molecule has 1 heterocycles. The minimum Gasteiger partial charge on any atom is -0.492 e. The van der Waals surface area contributed by atoms with Crippen LogP contribution in [-0.2, 0) is 14.3 Å². The minimum absolute atomic E-state index is 0.253. The fraction of sp³-hybridized carbons (Fsp3) is 0.467. The SMILES string of the molecule is CN(CCOc1ccc(F)cc1)C(=O)[C@@H]1CC[C@H](C(=O)O)O1. The number of carboxylic acids is 1. The fourth-order valence-corrected chi connectivity index (χ4v) is 2.19. The van der Waals surface area contributed by atoms with Crippen LogP contribution in [0.1, 0.15) is 12.8 Å². The number of hydrogen-bond donors (Lipinski definition) is 1. The van der Waals surface area contributed by atoms with E-state index in [1.807, 2.05) is 0 Å². The molecular weight excluding hydrogens is 293 g/mol. The summed E-state index contributed by atoms with van der Waals surface area (Å²) in [5.41, 5.74) is 0. The summed E-state index contributed by atoms with van der Waals surface area (Å²) in [7, 11) is 1.60. The van der Waals surface area contributed by atoms with Crippen molar-refractivity contribution in [3.05, 3.63) is 30.1 Å². The first-order chi connectivity index (χ1) is 10.5. The maximum Gasteiger partial charge on any atom is 0.332 e. The lowest BCUT2D eigenvalue weighted by molar-refractivity contribution is -0.154. The standard InChI is InChI=1S/C15H18FNO5/c1-17(8-9-21-11-4-2-10(16)3-5-11)14(18)12-6-7-13(22-12)15(19)20/h2-5,12-13H,6-9H2,1H3,(H,19,20)/t12-,13+/m0/s1. The number of likely N-dealkylation sites (N-methyl/N-ethyl adjacent to an activating group) is 1. The van der Waals surface area contributed by atoms with E-state index in [9.17, 15) is 14.0 Å². The zero-order valence-electron chi connectivity index (χ0n) is 12.2. The van der Waals surface area contributed by atoms with Crippen LogP contribution in [0.15, 0.2) is 24.3 Å². The lowest BCUT2D eigenvalue weighted by Crippen LogP contribution is -2.39. The second-order valence-electron chi connectivity index (χ2n) is 5.09. The van der Waals surface area contributed by atoms with Gasteiger partial charge in [0.25, 0.3) is 5.91 Å². The van der Waals surface area contributed by atoms with Crippen LogP contribution in [0, 0.1) is 5.82 Å². The number of nitrogens with zero attached hydrogens (tertiary/aromatic N) is 1. The molecule has 1 amide bonds. The average Bonchev–Trinajstić information content (AvgIpc) is 2.98. The molecule has 6 nitrogen and oxygen atoms in total. The summed E-state index contributed by atoms with van der Waals surface area (Å²) < 4.78 is 23.4. The van der Waals surface area contributed by atoms with E-state index in [2.05, 4.69) is 0 Å². The van der Waals surface area contributed by atoms with E-state index in [0.29, 0.717) is 25.1 Å². The van der Waals surface area contributed by atoms with E-state index in [1.54, 1.807) is 7.05 Å². The van der Waals surface area contributed by atoms with Crippen molar-refractivity contribution in [3.63, 3.8) is 0 Å². The number of carboxylic acid groups (broad SMARTS) is 1. The third kappa shape index (κ3) is 4.17. The molecule has 2 rings (SSSR count). The molecule has 0 saturated carbocycles. The van der Waals surface area contributed by atoms with E-state index in [0.717, 1.165) is 0 Å². The first-order valence-electron chi connectivity index (χ1n) is 6.99. The quantitative estimate of drug-likeness (QED) is 0.857. The van der Waals surface area contributed by atoms with Crippen LogP contribution in [0.25, 0.3) is 0 Å². The van der Waals surface area contributed by atoms with Crippen molar-refractivity contribution < 1.29 is 28.6 Å². The summed E-state index contributed by atoms with van der Waals surface area (Å²) in [5, 5.41) is 8.84. The molecule has 1 aromatic carbocycles. The highest BCUT2D eigenvalue weighted by Gasteiger charge is 2.35. The van der Waals surface area contributed by atoms with Crippen LogP contribution in [0.2, 0.25) is 0 Å². The van der Waals surface area contributed by atoms with Gasteiger partial charge in [-0.05, 0) is 37.1 Å². The maximum atomic E-state index is 12.7. The number of benzene rings is 1. The van der Waals surface area contributed by atoms with E-state index >= 15 is 0 Å². The van der Waals surface area contributed by atoms with E-state index in [4.69, 9.17) is 14.6 Å². The number of hydrogen-bond acceptors (Lipinski definition) is 4. The van der Waals surface area contributed by atoms with Gasteiger partial charge >= 0.3 is 5.97 Å². The Morgan fingerprint density at radius 2 is 1.95 bits per heavy atom. The Labute approximate surface area is 127 Å². The summed E-state index contributed by atoms with van der Waals surface area (Å²) >= 11 is 0. The topological polar surface area (TPSA) is 76.1 Å². The van der Waals surface area contributed by atoms with Gasteiger partial charge in [-0.2, -0.15) is 0 Å². The van der Waals surface area contributed by atoms with Gasteiger partial charge in [-0.15, -0.1) is 0 Å². The second kappa shape index (κ2) is 7.22. The van der Waals surface area contributed by atoms with Crippen LogP contribution in [0.4, 0.5) is 4.39 Å². The molecule has 1 aromatic rings. The maximum absolute atomic E-state index is 12.7. The van der Waals surface area contributed by atoms with Gasteiger partial charge in [-0.3, -0.25) is 4.79 Å². The molecule has 1 aliphatic rings. The van der Waals surface area contributed by atoms with E-state index in [-0.39, 0.29) is 18.3 Å². The van der Waals surface area contributed by atoms with Gasteiger partial charge in [0.05, 0.1) is 6.54 Å². The highest BCUT2D eigenvalue weighted by Crippen LogP contribution is 2.21. The molecule has 0 radical (unpaired) electrons. The number of rotatable bonds is 6. The highest BCUT2D eigenvalue weighted by molar-refractivity contribution is 5.82. The Morgan fingerprint density at radius 3 is 2.55 bits per heavy atom. The van der Waals surface area contributed by atoms with Crippen LogP contribution < -0.4 is 4.74 Å². The third-order valence-corrected chi connectivity index (χ3v) is 3.46. The fourth-order valence-electron chi connectivity index (χ4n) is 2.19. The molecule has 1 aliphatic heterocycles. The second-order valence-corrected chi connectivity index (χ2v) is 5.09. The third-order valence-electron chi connectivity index (χ3n) is 3.46. The van der Waals surface area contributed by atoms with Gasteiger partial charge in [0, 0.05) is 7.05 Å². The monoisotopic (exact) mass is 311 g/mol. The number of amides is 1. The van der Waals surface area contributed by atoms with Crippen molar-refractivity contribution in [1.82, 2.24) is 4.90 Å². The van der Waals surface area contributed by atoms with Gasteiger partial charge in [0.1, 0.15) is 24.3 Å². The molecule has 0 aromatic heterocycles. The van der Waals surface area contributed by atoms with Crippen molar-refractivity contribution in [1.29, 1.82) is 0 Å². The number of carbonyl (C=O) groups excluding carboxylic acids is 1. The predicted molar refractivity (Wildman–Crippen MR) is 75.1 cm³/mol. The smallest absolute Gasteiger partial charge is 0.332 e. The number of aliphatic carboxylic acids is 1. The Bertz CT molecular complexity index is 533. The summed E-state index contributed by atoms with van der Waals surface area (Å²) in [6.45, 7) is 0.580. The molecule has 22 heavy (non-hydrogen) atoms. The Morgan fingerprint density at radius 1 is 1.32 bits per heavy atom. The van der Waals surface area contributed by atoms with Gasteiger partial charge in [0.2, 0.25) is 0 Å². The molecule has 7 heteroatoms. The van der Waals surface area contributed by atoms with Crippen molar-refractivity contribution in [3.8, 4) is 5.75 Å². The Balaban J connectivity index is 1.75. The average molecular weight is 311 g/mol. The molecule has 0 aliphatic carbocycles. The largest absolute Gasteiger partial charge is 0.492 e. The Hall–Kier alpha value is -2.15. The zero-order valence-corrected chi connectivity index (χ0v) is 12.2. The van der Waals surface area contributed by atoms with Crippen LogP contribution in [0.5, 0.6) is 5.75 Å². The van der Waals surface area contributed by atoms with E-state index < -0.39 is 18.2 Å². The molecule has 0 bridgehead atoms. The number of halogens is 1. The van der Waals surface area contributed by atoms with Gasteiger partial charge < -0.3 is 19.5 Å². The molecular formula is C15H18FNO5. The highest BCUT2D eigenvalue weighted by atomic mass is 19.1. The Kier molecular flexibility index (Phi) is 5.32. The molecule has 1 saturated heterocycles. The summed E-state index contributed by atoms with van der Waals surface area (Å²) in [5.74, 6) is -1.12. The van der Waals surface area contributed by atoms with Gasteiger partial charge in [-0.1, -0.05) is 0 Å². The van der Waals surface area contributed by atoms with Gasteiger partial charge in [-0.25, -0.2) is 9.18 Å². The molecule has 2 atom stereocenters. The summed E-state index contributed by atoms with van der Waals surface area (Å²) in [4.78, 5) is 24.3. The molecule has 120 valence electrons. The molecule has 0 spiro atoms. The summed E-state index contributed by atoms with van der Waals surface area (Å²) in [6.07, 6.45) is -0.875. The summed E-state index contributed by atoms with van der Waals surface area (Å²) in [6, 6.07) is 5.61. The minimum atomic E-state index is -1.04. The van der Waals surface area contributed by atoms with Crippen LogP contribution in [-0.4, -0.2) is 54.3 Å². The number of carbonyl (C=O) groups is 2. The molecule has 1 fully saturated rings. The molecule has 1 N–H and O–H groups in total. The van der Waals surface area contributed by atoms with E-state index in [1.165, 1.54) is 29.2 Å². The first-order valence-corrected chi connectivity index (χ1v) is 6.99. The molecule has 0 unspecified atom stereocenters. The van der Waals surface area contributed by atoms with Crippen molar-refractivity contribution in [2.75, 3.05) is 20.2 Å².